The van der Waals surface area contributed by atoms with Gasteiger partial charge in [0.25, 0.3) is 5.56 Å². The average molecular weight is 144 g/mol. The molecule has 1 aromatic heterocycles. The van der Waals surface area contributed by atoms with Crippen LogP contribution in [0, 0.1) is 0 Å². The molecule has 9 heavy (non-hydrogen) atoms. The van der Waals surface area contributed by atoms with E-state index in [1.165, 1.54) is 4.57 Å². The van der Waals surface area contributed by atoms with Gasteiger partial charge in [-0.05, 0) is 12.1 Å². The van der Waals surface area contributed by atoms with Crippen molar-refractivity contribution in [2.75, 3.05) is 0 Å². The second-order valence-corrected chi connectivity index (χ2v) is 2.18. The molecule has 0 N–H and O–H groups in total. The molecule has 0 aliphatic rings. The molecule has 1 heterocycles. The first-order valence-corrected chi connectivity index (χ1v) is 2.91. The van der Waals surface area contributed by atoms with Gasteiger partial charge in [0.1, 0.15) is 5.02 Å². The van der Waals surface area contributed by atoms with E-state index in [0.717, 1.165) is 0 Å². The summed E-state index contributed by atoms with van der Waals surface area (Å²) in [5.41, 5.74) is -0.154. The Morgan fingerprint density at radius 2 is 2.33 bits per heavy atom. The normalized spacial score (nSPS) is 9.56. The highest BCUT2D eigenvalue weighted by molar-refractivity contribution is 6.30. The lowest BCUT2D eigenvalue weighted by Gasteiger charge is -1.93. The van der Waals surface area contributed by atoms with E-state index >= 15 is 0 Å². The lowest BCUT2D eigenvalue weighted by atomic mass is 10.5. The number of nitrogens with zero attached hydrogens (tertiary/aromatic N) is 1. The molecule has 0 spiro atoms. The topological polar surface area (TPSA) is 22.0 Å². The van der Waals surface area contributed by atoms with Gasteiger partial charge in [0, 0.05) is 13.2 Å². The smallest absolute Gasteiger partial charge is 0.269 e. The van der Waals surface area contributed by atoms with E-state index in [2.05, 4.69) is 0 Å². The van der Waals surface area contributed by atoms with Crippen LogP contribution in [0.25, 0.3) is 0 Å². The predicted octanol–water partition coefficient (Wildman–Crippen LogP) is 1.04. The molecule has 0 atom stereocenters. The largest absolute Gasteiger partial charge is 0.317 e. The summed E-state index contributed by atoms with van der Waals surface area (Å²) in [6.07, 6.45) is 1.66. The van der Waals surface area contributed by atoms with Crippen LogP contribution < -0.4 is 5.56 Å². The maximum atomic E-state index is 10.8. The molecule has 1 aromatic rings. The summed E-state index contributed by atoms with van der Waals surface area (Å²) in [5, 5.41) is 0.264. The molecule has 0 saturated heterocycles. The minimum atomic E-state index is -0.154. The van der Waals surface area contributed by atoms with Crippen LogP contribution in [-0.2, 0) is 7.05 Å². The van der Waals surface area contributed by atoms with Gasteiger partial charge >= 0.3 is 0 Å². The summed E-state index contributed by atoms with van der Waals surface area (Å²) in [5.74, 6) is 0. The van der Waals surface area contributed by atoms with Crippen LogP contribution in [-0.4, -0.2) is 4.57 Å². The van der Waals surface area contributed by atoms with Gasteiger partial charge in [-0.3, -0.25) is 4.79 Å². The molecule has 2 nitrogen and oxygen atoms in total. The molecule has 0 bridgehead atoms. The molecular weight excluding hydrogens is 138 g/mol. The van der Waals surface area contributed by atoms with E-state index in [1.54, 1.807) is 25.4 Å². The predicted molar refractivity (Wildman–Crippen MR) is 36.7 cm³/mol. The Morgan fingerprint density at radius 3 is 2.78 bits per heavy atom. The highest BCUT2D eigenvalue weighted by Crippen LogP contribution is 1.96. The summed E-state index contributed by atoms with van der Waals surface area (Å²) >= 11 is 5.48. The van der Waals surface area contributed by atoms with Crippen molar-refractivity contribution in [1.82, 2.24) is 4.57 Å². The molecule has 48 valence electrons. The summed E-state index contributed by atoms with van der Waals surface area (Å²) in [6, 6.07) is 3.30. The second-order valence-electron chi connectivity index (χ2n) is 1.77. The quantitative estimate of drug-likeness (QED) is 0.532. The number of hydrogen-bond donors (Lipinski definition) is 0. The molecule has 0 radical (unpaired) electrons. The molecule has 0 aromatic carbocycles. The fraction of sp³-hybridized carbons (Fsp3) is 0.167. The van der Waals surface area contributed by atoms with Crippen molar-refractivity contribution in [3.8, 4) is 0 Å². The first-order chi connectivity index (χ1) is 4.22. The molecule has 3 heteroatoms. The van der Waals surface area contributed by atoms with Gasteiger partial charge in [0.05, 0.1) is 0 Å². The molecule has 1 rings (SSSR count). The number of hydrogen-bond acceptors (Lipinski definition) is 1. The van der Waals surface area contributed by atoms with Gasteiger partial charge in [-0.1, -0.05) is 11.6 Å². The van der Waals surface area contributed by atoms with E-state index < -0.39 is 0 Å². The van der Waals surface area contributed by atoms with E-state index in [0.29, 0.717) is 0 Å². The first-order valence-electron chi connectivity index (χ1n) is 2.53. The minimum absolute atomic E-state index is 0.154. The maximum Gasteiger partial charge on any atom is 0.269 e. The lowest BCUT2D eigenvalue weighted by molar-refractivity contribution is 0.861. The number of rotatable bonds is 0. The van der Waals surface area contributed by atoms with Crippen LogP contribution in [0.4, 0.5) is 0 Å². The van der Waals surface area contributed by atoms with Crippen LogP contribution in [0.3, 0.4) is 0 Å². The van der Waals surface area contributed by atoms with Crippen LogP contribution in [0.15, 0.2) is 23.1 Å². The Bertz CT molecular complexity index is 243. The van der Waals surface area contributed by atoms with Crippen LogP contribution >= 0.6 is 11.6 Å². The van der Waals surface area contributed by atoms with E-state index in [4.69, 9.17) is 11.6 Å². The average Bonchev–Trinajstić information content (AvgIpc) is 1.83. The molecule has 0 amide bonds. The van der Waals surface area contributed by atoms with Crippen molar-refractivity contribution in [2.24, 2.45) is 7.05 Å². The summed E-state index contributed by atoms with van der Waals surface area (Å²) in [7, 11) is 1.66. The number of aromatic nitrogens is 1. The Labute approximate surface area is 57.7 Å². The fourth-order valence-corrected chi connectivity index (χ4v) is 0.770. The van der Waals surface area contributed by atoms with Gasteiger partial charge < -0.3 is 4.57 Å². The van der Waals surface area contributed by atoms with Crippen LogP contribution in [0.1, 0.15) is 0 Å². The van der Waals surface area contributed by atoms with E-state index in [1.807, 2.05) is 0 Å². The zero-order valence-electron chi connectivity index (χ0n) is 4.97. The van der Waals surface area contributed by atoms with Crippen LogP contribution in [0.2, 0.25) is 5.02 Å². The van der Waals surface area contributed by atoms with Crippen molar-refractivity contribution < 1.29 is 0 Å². The van der Waals surface area contributed by atoms with E-state index in [9.17, 15) is 4.79 Å². The van der Waals surface area contributed by atoms with Crippen molar-refractivity contribution in [2.45, 2.75) is 0 Å². The van der Waals surface area contributed by atoms with Gasteiger partial charge in [-0.15, -0.1) is 0 Å². The second kappa shape index (κ2) is 2.23. The molecule has 0 aliphatic heterocycles. The van der Waals surface area contributed by atoms with Crippen molar-refractivity contribution in [3.05, 3.63) is 33.7 Å². The zero-order valence-corrected chi connectivity index (χ0v) is 5.72. The third-order valence-electron chi connectivity index (χ3n) is 1.08. The molecule has 0 fully saturated rings. The first kappa shape index (κ1) is 6.36. The highest BCUT2D eigenvalue weighted by Gasteiger charge is 1.92. The Kier molecular flexibility index (Phi) is 1.58. The number of aryl methyl sites for hydroxylation is 1. The molecule has 0 unspecified atom stereocenters. The third-order valence-corrected chi connectivity index (χ3v) is 1.36. The molecule has 0 aliphatic carbocycles. The highest BCUT2D eigenvalue weighted by atomic mass is 35.5. The Morgan fingerprint density at radius 1 is 1.67 bits per heavy atom. The van der Waals surface area contributed by atoms with Gasteiger partial charge in [-0.2, -0.15) is 0 Å². The van der Waals surface area contributed by atoms with Gasteiger partial charge in [0.15, 0.2) is 0 Å². The number of halogens is 1. The lowest BCUT2D eigenvalue weighted by Crippen LogP contribution is -2.14. The summed E-state index contributed by atoms with van der Waals surface area (Å²) in [4.78, 5) is 10.8. The van der Waals surface area contributed by atoms with Crippen molar-refractivity contribution in [1.29, 1.82) is 0 Å². The molecular formula is C6H6ClNO. The SMILES string of the molecule is Cn1cccc(Cl)c1=O. The fourth-order valence-electron chi connectivity index (χ4n) is 0.564. The standard InChI is InChI=1S/C6H6ClNO/c1-8-4-2-3-5(7)6(8)9/h2-4H,1H3. The molecule has 0 saturated carbocycles. The monoisotopic (exact) mass is 143 g/mol. The number of pyridine rings is 1. The van der Waals surface area contributed by atoms with Crippen molar-refractivity contribution in [3.63, 3.8) is 0 Å². The third kappa shape index (κ3) is 1.13. The summed E-state index contributed by atoms with van der Waals surface area (Å²) in [6.45, 7) is 0. The van der Waals surface area contributed by atoms with Gasteiger partial charge in [-0.25, -0.2) is 0 Å². The van der Waals surface area contributed by atoms with Gasteiger partial charge in [0.2, 0.25) is 0 Å². The maximum absolute atomic E-state index is 10.8. The Balaban J connectivity index is 3.43. The van der Waals surface area contributed by atoms with E-state index in [-0.39, 0.29) is 10.6 Å². The van der Waals surface area contributed by atoms with Crippen LogP contribution in [0.5, 0.6) is 0 Å². The zero-order chi connectivity index (χ0) is 6.85. The summed E-state index contributed by atoms with van der Waals surface area (Å²) < 4.78 is 1.43. The van der Waals surface area contributed by atoms with Crippen molar-refractivity contribution >= 4 is 11.6 Å². The Hall–Kier alpha value is -0.760. The minimum Gasteiger partial charge on any atom is -0.317 e.